The first-order valence-electron chi connectivity index (χ1n) is 6.81. The van der Waals surface area contributed by atoms with E-state index in [1.54, 1.807) is 17.8 Å². The number of aromatic nitrogens is 3. The molecule has 1 rings (SSSR count). The van der Waals surface area contributed by atoms with Crippen molar-refractivity contribution in [1.82, 2.24) is 20.3 Å². The van der Waals surface area contributed by atoms with Gasteiger partial charge in [-0.25, -0.2) is 4.68 Å². The van der Waals surface area contributed by atoms with Crippen LogP contribution >= 0.6 is 0 Å². The van der Waals surface area contributed by atoms with Gasteiger partial charge in [0.2, 0.25) is 5.91 Å². The molecule has 0 aliphatic carbocycles. The summed E-state index contributed by atoms with van der Waals surface area (Å²) in [7, 11) is 0. The van der Waals surface area contributed by atoms with Crippen molar-refractivity contribution < 1.29 is 4.79 Å². The molecule has 0 fully saturated rings. The van der Waals surface area contributed by atoms with E-state index in [4.69, 9.17) is 5.73 Å². The highest BCUT2D eigenvalue weighted by atomic mass is 16.2. The van der Waals surface area contributed by atoms with Crippen molar-refractivity contribution in [2.45, 2.75) is 65.1 Å². The van der Waals surface area contributed by atoms with Crippen LogP contribution in [0.2, 0.25) is 0 Å². The highest BCUT2D eigenvalue weighted by Crippen LogP contribution is 2.15. The van der Waals surface area contributed by atoms with E-state index in [0.717, 1.165) is 12.8 Å². The molecule has 1 aromatic heterocycles. The third-order valence-electron chi connectivity index (χ3n) is 3.28. The van der Waals surface area contributed by atoms with Crippen LogP contribution in [0.1, 0.15) is 59.2 Å². The van der Waals surface area contributed by atoms with Gasteiger partial charge in [0.15, 0.2) is 0 Å². The Kier molecular flexibility index (Phi) is 5.05. The van der Waals surface area contributed by atoms with E-state index in [9.17, 15) is 4.79 Å². The average molecular weight is 267 g/mol. The molecule has 1 aromatic rings. The number of nitrogens with one attached hydrogen (secondary N) is 1. The molecule has 1 atom stereocenters. The molecule has 108 valence electrons. The van der Waals surface area contributed by atoms with Gasteiger partial charge in [0.05, 0.1) is 11.7 Å². The fourth-order valence-electron chi connectivity index (χ4n) is 1.70. The molecule has 0 saturated carbocycles. The summed E-state index contributed by atoms with van der Waals surface area (Å²) in [6.07, 6.45) is 3.58. The number of nitrogens with two attached hydrogens (primary N) is 1. The molecule has 6 heteroatoms. The first-order valence-corrected chi connectivity index (χ1v) is 6.81. The van der Waals surface area contributed by atoms with Crippen LogP contribution in [0.25, 0.3) is 0 Å². The lowest BCUT2D eigenvalue weighted by Gasteiger charge is -2.18. The molecule has 0 aliphatic heterocycles. The number of carbonyl (C=O) groups is 1. The van der Waals surface area contributed by atoms with Gasteiger partial charge in [-0.3, -0.25) is 4.79 Å². The first kappa shape index (κ1) is 15.6. The Morgan fingerprint density at radius 2 is 2.05 bits per heavy atom. The maximum atomic E-state index is 12.1. The van der Waals surface area contributed by atoms with Gasteiger partial charge in [-0.1, -0.05) is 19.1 Å². The van der Waals surface area contributed by atoms with Crippen LogP contribution in [-0.2, 0) is 10.3 Å². The predicted molar refractivity (Wildman–Crippen MR) is 74.5 cm³/mol. The lowest BCUT2D eigenvalue weighted by atomic mass is 10.0. The van der Waals surface area contributed by atoms with E-state index < -0.39 is 5.54 Å². The zero-order valence-corrected chi connectivity index (χ0v) is 12.5. The van der Waals surface area contributed by atoms with Gasteiger partial charge < -0.3 is 11.1 Å². The van der Waals surface area contributed by atoms with Crippen molar-refractivity contribution in [3.8, 4) is 0 Å². The predicted octanol–water partition coefficient (Wildman–Crippen LogP) is 1.34. The van der Waals surface area contributed by atoms with Crippen molar-refractivity contribution in [3.05, 3.63) is 11.9 Å². The fraction of sp³-hybridized carbons (Fsp3) is 0.769. The normalized spacial score (nSPS) is 13.6. The Labute approximate surface area is 114 Å². The molecule has 0 aromatic carbocycles. The van der Waals surface area contributed by atoms with Crippen LogP contribution in [0.4, 0.5) is 0 Å². The molecule has 0 radical (unpaired) electrons. The van der Waals surface area contributed by atoms with Crippen molar-refractivity contribution in [3.63, 3.8) is 0 Å². The van der Waals surface area contributed by atoms with Crippen LogP contribution in [-0.4, -0.2) is 26.9 Å². The lowest BCUT2D eigenvalue weighted by molar-refractivity contribution is -0.124. The fourth-order valence-corrected chi connectivity index (χ4v) is 1.70. The maximum absolute atomic E-state index is 12.1. The van der Waals surface area contributed by atoms with E-state index in [1.165, 1.54) is 0 Å². The SMILES string of the molecule is CCC(CC)NC(=O)C(C)n1cc(C(C)(C)N)nn1. The number of rotatable bonds is 6. The van der Waals surface area contributed by atoms with Crippen molar-refractivity contribution >= 4 is 5.91 Å². The zero-order chi connectivity index (χ0) is 14.6. The van der Waals surface area contributed by atoms with E-state index in [1.807, 2.05) is 13.8 Å². The van der Waals surface area contributed by atoms with E-state index >= 15 is 0 Å². The highest BCUT2D eigenvalue weighted by Gasteiger charge is 2.23. The molecule has 1 unspecified atom stereocenters. The second kappa shape index (κ2) is 6.14. The summed E-state index contributed by atoms with van der Waals surface area (Å²) in [6.45, 7) is 9.64. The summed E-state index contributed by atoms with van der Waals surface area (Å²) >= 11 is 0. The molecule has 0 aliphatic rings. The Hall–Kier alpha value is -1.43. The van der Waals surface area contributed by atoms with Crippen LogP contribution in [0, 0.1) is 0 Å². The Morgan fingerprint density at radius 3 is 2.47 bits per heavy atom. The third-order valence-corrected chi connectivity index (χ3v) is 3.28. The minimum atomic E-state index is -0.552. The molecular formula is C13H25N5O. The van der Waals surface area contributed by atoms with E-state index in [2.05, 4.69) is 29.5 Å². The summed E-state index contributed by atoms with van der Waals surface area (Å²) in [5.41, 5.74) is 6.08. The van der Waals surface area contributed by atoms with Crippen LogP contribution in [0.3, 0.4) is 0 Å². The zero-order valence-electron chi connectivity index (χ0n) is 12.5. The molecule has 0 spiro atoms. The van der Waals surface area contributed by atoms with Gasteiger partial charge >= 0.3 is 0 Å². The molecule has 3 N–H and O–H groups in total. The van der Waals surface area contributed by atoms with Crippen molar-refractivity contribution in [1.29, 1.82) is 0 Å². The largest absolute Gasteiger partial charge is 0.352 e. The molecule has 0 bridgehead atoms. The minimum Gasteiger partial charge on any atom is -0.352 e. The van der Waals surface area contributed by atoms with Gasteiger partial charge in [0.25, 0.3) is 0 Å². The third kappa shape index (κ3) is 4.02. The number of hydrogen-bond donors (Lipinski definition) is 2. The molecule has 0 saturated heterocycles. The van der Waals surface area contributed by atoms with E-state index in [-0.39, 0.29) is 18.0 Å². The minimum absolute atomic E-state index is 0.0417. The number of carbonyl (C=O) groups excluding carboxylic acids is 1. The van der Waals surface area contributed by atoms with Gasteiger partial charge in [-0.15, -0.1) is 5.10 Å². The lowest BCUT2D eigenvalue weighted by Crippen LogP contribution is -2.38. The number of nitrogens with zero attached hydrogens (tertiary/aromatic N) is 3. The second-order valence-corrected chi connectivity index (χ2v) is 5.50. The Morgan fingerprint density at radius 1 is 1.47 bits per heavy atom. The number of hydrogen-bond acceptors (Lipinski definition) is 4. The monoisotopic (exact) mass is 267 g/mol. The first-order chi connectivity index (χ1) is 8.79. The van der Waals surface area contributed by atoms with Gasteiger partial charge in [-0.05, 0) is 33.6 Å². The quantitative estimate of drug-likeness (QED) is 0.814. The van der Waals surface area contributed by atoms with Crippen LogP contribution in [0.15, 0.2) is 6.20 Å². The van der Waals surface area contributed by atoms with E-state index in [0.29, 0.717) is 5.69 Å². The molecule has 1 amide bonds. The highest BCUT2D eigenvalue weighted by molar-refractivity contribution is 5.80. The summed E-state index contributed by atoms with van der Waals surface area (Å²) in [5.74, 6) is -0.0417. The number of amides is 1. The standard InChI is InChI=1S/C13H25N5O/c1-6-10(7-2)15-12(19)9(3)18-8-11(16-17-18)13(4,5)14/h8-10H,6-7,14H2,1-5H3,(H,15,19). The summed E-state index contributed by atoms with van der Waals surface area (Å²) < 4.78 is 1.56. The summed E-state index contributed by atoms with van der Waals surface area (Å²) in [6, 6.07) is -0.173. The average Bonchev–Trinajstić information content (AvgIpc) is 2.83. The summed E-state index contributed by atoms with van der Waals surface area (Å²) in [4.78, 5) is 12.1. The van der Waals surface area contributed by atoms with Crippen LogP contribution in [0.5, 0.6) is 0 Å². The maximum Gasteiger partial charge on any atom is 0.244 e. The van der Waals surface area contributed by atoms with Gasteiger partial charge in [0.1, 0.15) is 11.7 Å². The Bertz CT molecular complexity index is 417. The topological polar surface area (TPSA) is 85.8 Å². The molecule has 1 heterocycles. The summed E-state index contributed by atoms with van der Waals surface area (Å²) in [5, 5.41) is 11.0. The Balaban J connectivity index is 2.74. The van der Waals surface area contributed by atoms with Crippen LogP contribution < -0.4 is 11.1 Å². The molecule has 6 nitrogen and oxygen atoms in total. The smallest absolute Gasteiger partial charge is 0.244 e. The van der Waals surface area contributed by atoms with Crippen molar-refractivity contribution in [2.75, 3.05) is 0 Å². The van der Waals surface area contributed by atoms with Gasteiger partial charge in [0, 0.05) is 6.04 Å². The van der Waals surface area contributed by atoms with Gasteiger partial charge in [-0.2, -0.15) is 0 Å². The molecular weight excluding hydrogens is 242 g/mol. The molecule has 19 heavy (non-hydrogen) atoms. The second-order valence-electron chi connectivity index (χ2n) is 5.50. The van der Waals surface area contributed by atoms with Crippen molar-refractivity contribution in [2.24, 2.45) is 5.73 Å².